The zero-order valence-electron chi connectivity index (χ0n) is 10.6. The van der Waals surface area contributed by atoms with Crippen LogP contribution >= 0.6 is 21.4 Å². The third kappa shape index (κ3) is 6.71. The molecule has 0 heterocycles. The summed E-state index contributed by atoms with van der Waals surface area (Å²) in [4.78, 5) is -0.217. The minimum absolute atomic E-state index is 0.217. The van der Waals surface area contributed by atoms with Gasteiger partial charge in [-0.25, -0.2) is 12.8 Å². The molecule has 0 atom stereocenters. The van der Waals surface area contributed by atoms with Crippen molar-refractivity contribution in [2.45, 2.75) is 4.90 Å². The molecule has 0 aliphatic carbocycles. The molecule has 0 unspecified atom stereocenters. The lowest BCUT2D eigenvalue weighted by Gasteiger charge is -2.06. The predicted molar refractivity (Wildman–Crippen MR) is 82.3 cm³/mol. The van der Waals surface area contributed by atoms with E-state index >= 15 is 0 Å². The minimum atomic E-state index is -4.19. The molecule has 1 N–H and O–H groups in total. The van der Waals surface area contributed by atoms with Crippen molar-refractivity contribution in [1.29, 1.82) is 0 Å². The monoisotopic (exact) mass is 386 g/mol. The van der Waals surface area contributed by atoms with E-state index in [2.05, 4.69) is 10.7 Å². The number of hydrogen-bond donors (Lipinski definition) is 1. The topological polar surface area (TPSA) is 88.5 Å². The molecule has 5 nitrogen and oxygen atoms in total. The van der Waals surface area contributed by atoms with Gasteiger partial charge in [-0.3, -0.25) is 4.55 Å². The Morgan fingerprint density at radius 3 is 1.86 bits per heavy atom. The van der Waals surface area contributed by atoms with Crippen LogP contribution < -0.4 is 0 Å². The maximum absolute atomic E-state index is 13.1. The molecule has 22 heavy (non-hydrogen) atoms. The Morgan fingerprint density at radius 2 is 1.41 bits per heavy atom. The Hall–Kier alpha value is -1.19. The highest BCUT2D eigenvalue weighted by atomic mass is 35.7. The molecule has 0 fully saturated rings. The first-order chi connectivity index (χ1) is 9.98. The second kappa shape index (κ2) is 7.38. The van der Waals surface area contributed by atoms with Gasteiger partial charge in [-0.1, -0.05) is 36.4 Å². The van der Waals surface area contributed by atoms with E-state index in [1.165, 1.54) is 12.1 Å². The second-order valence-electron chi connectivity index (χ2n) is 3.86. The fourth-order valence-electron chi connectivity index (χ4n) is 1.55. The van der Waals surface area contributed by atoms with E-state index in [-0.39, 0.29) is 4.90 Å². The summed E-state index contributed by atoms with van der Waals surface area (Å²) in [6.07, 6.45) is 0. The first-order valence-electron chi connectivity index (χ1n) is 5.45. The smallest absolute Gasteiger partial charge is 0.273 e. The summed E-state index contributed by atoms with van der Waals surface area (Å²) in [5, 5.41) is 0. The molecule has 0 aliphatic heterocycles. The first-order valence-corrected chi connectivity index (χ1v) is 10.0. The molecule has 2 aromatic carbocycles. The quantitative estimate of drug-likeness (QED) is 0.630. The van der Waals surface area contributed by atoms with Gasteiger partial charge in [0, 0.05) is 26.9 Å². The summed E-state index contributed by atoms with van der Waals surface area (Å²) in [5.74, 6) is -0.635. The number of benzene rings is 2. The molecule has 0 amide bonds. The maximum atomic E-state index is 13.1. The molecule has 0 radical (unpaired) electrons. The van der Waals surface area contributed by atoms with Crippen LogP contribution in [-0.4, -0.2) is 21.4 Å². The van der Waals surface area contributed by atoms with E-state index < -0.39 is 24.2 Å². The van der Waals surface area contributed by atoms with E-state index in [1.54, 1.807) is 24.3 Å². The van der Waals surface area contributed by atoms with Crippen molar-refractivity contribution in [2.75, 3.05) is 0 Å². The third-order valence-corrected chi connectivity index (χ3v) is 3.65. The van der Waals surface area contributed by atoms with E-state index in [0.717, 1.165) is 6.07 Å². The largest absolute Gasteiger partial charge is 0.353 e. The third-order valence-electron chi connectivity index (χ3n) is 2.29. The fourth-order valence-corrected chi connectivity index (χ4v) is 2.64. The zero-order chi connectivity index (χ0) is 17.0. The van der Waals surface area contributed by atoms with Crippen molar-refractivity contribution in [1.82, 2.24) is 0 Å². The van der Waals surface area contributed by atoms with Gasteiger partial charge < -0.3 is 0 Å². The van der Waals surface area contributed by atoms with Crippen LogP contribution in [0, 0.1) is 5.82 Å². The van der Waals surface area contributed by atoms with Crippen LogP contribution in [0.2, 0.25) is 0 Å². The molecule has 10 heteroatoms. The van der Waals surface area contributed by atoms with Crippen LogP contribution in [-0.2, 0) is 18.4 Å². The molecule has 0 aliphatic rings. The molecule has 0 aromatic heterocycles. The van der Waals surface area contributed by atoms with Crippen molar-refractivity contribution >= 4 is 39.7 Å². The zero-order valence-corrected chi connectivity index (χ0v) is 13.8. The van der Waals surface area contributed by atoms with Crippen LogP contribution in [0.25, 0.3) is 11.1 Å². The summed E-state index contributed by atoms with van der Waals surface area (Å²) < 4.78 is 61.0. The highest BCUT2D eigenvalue weighted by Crippen LogP contribution is 2.29. The summed E-state index contributed by atoms with van der Waals surface area (Å²) in [5.41, 5.74) is 1.06. The SMILES string of the molecule is O=S(=O)(Cl)c1cc(F)ccc1-c1ccccc1.O=S(=O)(O)Cl. The highest BCUT2D eigenvalue weighted by Gasteiger charge is 2.17. The van der Waals surface area contributed by atoms with Crippen molar-refractivity contribution in [3.05, 3.63) is 54.3 Å². The van der Waals surface area contributed by atoms with Crippen LogP contribution in [0.1, 0.15) is 0 Å². The van der Waals surface area contributed by atoms with Crippen molar-refractivity contribution in [2.24, 2.45) is 0 Å². The van der Waals surface area contributed by atoms with Crippen molar-refractivity contribution in [3.8, 4) is 11.1 Å². The Morgan fingerprint density at radius 1 is 0.909 bits per heavy atom. The van der Waals surface area contributed by atoms with Crippen LogP contribution in [0.5, 0.6) is 0 Å². The van der Waals surface area contributed by atoms with Gasteiger partial charge in [-0.2, -0.15) is 8.42 Å². The van der Waals surface area contributed by atoms with Gasteiger partial charge in [0.25, 0.3) is 9.05 Å². The summed E-state index contributed by atoms with van der Waals surface area (Å²) in [7, 11) is 1.18. The molecule has 0 saturated carbocycles. The highest BCUT2D eigenvalue weighted by molar-refractivity contribution is 8.13. The lowest BCUT2D eigenvalue weighted by Crippen LogP contribution is -1.95. The second-order valence-corrected chi connectivity index (χ2v) is 8.39. The standard InChI is InChI=1S/C12H8ClFO2S.ClHO3S/c13-17(15,16)12-8-10(14)6-7-11(12)9-4-2-1-3-5-9;1-5(2,3)4/h1-8H;(H,2,3,4). The first kappa shape index (κ1) is 18.9. The van der Waals surface area contributed by atoms with Gasteiger partial charge in [0.2, 0.25) is 0 Å². The molecule has 2 aromatic rings. The van der Waals surface area contributed by atoms with Gasteiger partial charge in [0.1, 0.15) is 5.82 Å². The number of hydrogen-bond acceptors (Lipinski definition) is 4. The van der Waals surface area contributed by atoms with E-state index in [1.807, 2.05) is 6.07 Å². The average Bonchev–Trinajstić information content (AvgIpc) is 2.36. The van der Waals surface area contributed by atoms with Gasteiger partial charge in [-0.05, 0) is 17.7 Å². The van der Waals surface area contributed by atoms with Crippen LogP contribution in [0.3, 0.4) is 0 Å². The van der Waals surface area contributed by atoms with Crippen molar-refractivity contribution in [3.63, 3.8) is 0 Å². The summed E-state index contributed by atoms with van der Waals surface area (Å²) >= 11 is 0. The van der Waals surface area contributed by atoms with Gasteiger partial charge in [0.15, 0.2) is 0 Å². The lowest BCUT2D eigenvalue weighted by molar-refractivity contribution is 0.501. The molecule has 0 saturated heterocycles. The minimum Gasteiger partial charge on any atom is -0.273 e. The predicted octanol–water partition coefficient (Wildman–Crippen LogP) is 3.45. The van der Waals surface area contributed by atoms with E-state index in [0.29, 0.717) is 11.1 Å². The lowest BCUT2D eigenvalue weighted by atomic mass is 10.1. The molecule has 2 rings (SSSR count). The molecular formula is C12H9Cl2FO5S2. The van der Waals surface area contributed by atoms with Crippen LogP contribution in [0.15, 0.2) is 53.4 Å². The Balaban J connectivity index is 0.000000422. The summed E-state index contributed by atoms with van der Waals surface area (Å²) in [6.45, 7) is 0. The maximum Gasteiger partial charge on any atom is 0.353 e. The molecule has 120 valence electrons. The van der Waals surface area contributed by atoms with Crippen molar-refractivity contribution < 1.29 is 25.8 Å². The number of halogens is 3. The fraction of sp³-hybridized carbons (Fsp3) is 0. The average molecular weight is 387 g/mol. The van der Waals surface area contributed by atoms with Gasteiger partial charge in [-0.15, -0.1) is 0 Å². The van der Waals surface area contributed by atoms with Crippen LogP contribution in [0.4, 0.5) is 4.39 Å². The summed E-state index contributed by atoms with van der Waals surface area (Å²) in [6, 6.07) is 12.3. The van der Waals surface area contributed by atoms with Gasteiger partial charge >= 0.3 is 9.33 Å². The Labute approximate surface area is 136 Å². The van der Waals surface area contributed by atoms with E-state index in [9.17, 15) is 12.8 Å². The molecular weight excluding hydrogens is 378 g/mol. The molecule has 0 spiro atoms. The molecule has 0 bridgehead atoms. The van der Waals surface area contributed by atoms with E-state index in [4.69, 9.17) is 23.7 Å². The Bertz CT molecular complexity index is 844. The Kier molecular flexibility index (Phi) is 6.33. The normalized spacial score (nSPS) is 11.5. The van der Waals surface area contributed by atoms with Gasteiger partial charge in [0.05, 0.1) is 4.90 Å². The number of rotatable bonds is 2.